The molecule has 1 N–H and O–H groups in total. The molecule has 0 atom stereocenters. The van der Waals surface area contributed by atoms with Gasteiger partial charge in [0.05, 0.1) is 19.8 Å². The molecule has 7 nitrogen and oxygen atoms in total. The molecular weight excluding hydrogens is 438 g/mol. The minimum atomic E-state index is 0.173. The van der Waals surface area contributed by atoms with Crippen LogP contribution in [0.5, 0.6) is 0 Å². The number of aryl methyl sites for hydroxylation is 3. The molecule has 2 fully saturated rings. The molecule has 1 saturated carbocycles. The molecule has 0 unspecified atom stereocenters. The van der Waals surface area contributed by atoms with Gasteiger partial charge in [0.2, 0.25) is 5.91 Å². The summed E-state index contributed by atoms with van der Waals surface area (Å²) < 4.78 is 7.64. The second-order valence-corrected chi connectivity index (χ2v) is 10.0. The first-order valence-corrected chi connectivity index (χ1v) is 13.1. The van der Waals surface area contributed by atoms with Gasteiger partial charge in [-0.2, -0.15) is 0 Å². The molecule has 1 aromatic carbocycles. The summed E-state index contributed by atoms with van der Waals surface area (Å²) in [5, 5.41) is 3.70. The quantitative estimate of drug-likeness (QED) is 0.569. The lowest BCUT2D eigenvalue weighted by Crippen LogP contribution is -2.45. The molecule has 1 saturated heterocycles. The van der Waals surface area contributed by atoms with E-state index in [4.69, 9.17) is 14.7 Å². The van der Waals surface area contributed by atoms with Gasteiger partial charge in [0.15, 0.2) is 5.65 Å². The molecule has 7 heteroatoms. The van der Waals surface area contributed by atoms with E-state index in [1.54, 1.807) is 0 Å². The lowest BCUT2D eigenvalue weighted by molar-refractivity contribution is -0.140. The first kappa shape index (κ1) is 23.8. The summed E-state index contributed by atoms with van der Waals surface area (Å²) in [6.45, 7) is 9.90. The van der Waals surface area contributed by atoms with Crippen molar-refractivity contribution >= 4 is 22.8 Å². The van der Waals surface area contributed by atoms with Crippen LogP contribution >= 0.6 is 0 Å². The van der Waals surface area contributed by atoms with E-state index >= 15 is 0 Å². The average molecular weight is 476 g/mol. The highest BCUT2D eigenvalue weighted by Gasteiger charge is 2.30. The molecule has 0 radical (unpaired) electrons. The van der Waals surface area contributed by atoms with E-state index < -0.39 is 0 Å². The predicted octanol–water partition coefficient (Wildman–Crippen LogP) is 4.49. The van der Waals surface area contributed by atoms with Crippen LogP contribution in [0.2, 0.25) is 0 Å². The fourth-order valence-electron chi connectivity index (χ4n) is 5.54. The molecule has 186 valence electrons. The maximum Gasteiger partial charge on any atom is 0.225 e. The van der Waals surface area contributed by atoms with Gasteiger partial charge in [-0.05, 0) is 68.9 Å². The number of amides is 1. The van der Waals surface area contributed by atoms with Crippen LogP contribution in [0, 0.1) is 19.8 Å². The number of nitrogens with one attached hydrogen (secondary N) is 1. The third-order valence-corrected chi connectivity index (χ3v) is 7.48. The number of anilines is 1. The largest absolute Gasteiger partial charge is 0.382 e. The van der Waals surface area contributed by atoms with Crippen LogP contribution in [0.3, 0.4) is 0 Å². The Bertz CT molecular complexity index is 1170. The van der Waals surface area contributed by atoms with E-state index in [0.29, 0.717) is 25.2 Å². The highest BCUT2D eigenvalue weighted by atomic mass is 16.5. The van der Waals surface area contributed by atoms with Gasteiger partial charge in [-0.15, -0.1) is 0 Å². The van der Waals surface area contributed by atoms with Crippen LogP contribution in [-0.4, -0.2) is 57.7 Å². The minimum Gasteiger partial charge on any atom is -0.382 e. The van der Waals surface area contributed by atoms with Gasteiger partial charge in [0.1, 0.15) is 11.3 Å². The summed E-state index contributed by atoms with van der Waals surface area (Å²) >= 11 is 0. The topological polar surface area (TPSA) is 72.3 Å². The normalized spacial score (nSPS) is 20.8. The van der Waals surface area contributed by atoms with Crippen molar-refractivity contribution in [2.45, 2.75) is 65.5 Å². The first-order valence-electron chi connectivity index (χ1n) is 13.1. The van der Waals surface area contributed by atoms with Crippen molar-refractivity contribution in [1.82, 2.24) is 19.4 Å². The average Bonchev–Trinajstić information content (AvgIpc) is 3.23. The van der Waals surface area contributed by atoms with Crippen molar-refractivity contribution in [2.24, 2.45) is 5.92 Å². The van der Waals surface area contributed by atoms with Gasteiger partial charge >= 0.3 is 0 Å². The van der Waals surface area contributed by atoms with E-state index in [9.17, 15) is 4.79 Å². The number of rotatable bonds is 6. The van der Waals surface area contributed by atoms with Gasteiger partial charge in [-0.3, -0.25) is 4.79 Å². The van der Waals surface area contributed by atoms with Crippen molar-refractivity contribution in [2.75, 3.05) is 31.6 Å². The van der Waals surface area contributed by atoms with Gasteiger partial charge in [0.25, 0.3) is 0 Å². The summed E-state index contributed by atoms with van der Waals surface area (Å²) in [5.74, 6) is 1.58. The third-order valence-electron chi connectivity index (χ3n) is 7.48. The van der Waals surface area contributed by atoms with Gasteiger partial charge < -0.3 is 19.5 Å². The van der Waals surface area contributed by atoms with Crippen LogP contribution in [0.25, 0.3) is 11.2 Å². The Hall–Kier alpha value is -2.93. The van der Waals surface area contributed by atoms with Crippen molar-refractivity contribution in [3.05, 3.63) is 53.0 Å². The highest BCUT2D eigenvalue weighted by molar-refractivity contribution is 5.79. The lowest BCUT2D eigenvalue weighted by atomic mass is 9.85. The molecule has 3 heterocycles. The lowest BCUT2D eigenvalue weighted by Gasteiger charge is -2.34. The molecular formula is C28H37N5O2. The van der Waals surface area contributed by atoms with E-state index in [-0.39, 0.29) is 5.92 Å². The Balaban J connectivity index is 1.19. The van der Waals surface area contributed by atoms with Crippen molar-refractivity contribution in [1.29, 1.82) is 0 Å². The zero-order chi connectivity index (χ0) is 24.4. The van der Waals surface area contributed by atoms with Crippen LogP contribution in [0.15, 0.2) is 30.3 Å². The van der Waals surface area contributed by atoms with Crippen LogP contribution in [-0.2, 0) is 22.5 Å². The Labute approximate surface area is 207 Å². The number of benzene rings is 1. The van der Waals surface area contributed by atoms with E-state index in [1.807, 2.05) is 11.8 Å². The molecule has 1 amide bonds. The molecule has 0 spiro atoms. The van der Waals surface area contributed by atoms with E-state index in [2.05, 4.69) is 54.1 Å². The number of aromatic nitrogens is 3. The summed E-state index contributed by atoms with van der Waals surface area (Å²) in [7, 11) is 0. The van der Waals surface area contributed by atoms with Gasteiger partial charge in [0, 0.05) is 42.9 Å². The monoisotopic (exact) mass is 475 g/mol. The molecule has 0 bridgehead atoms. The van der Waals surface area contributed by atoms with Gasteiger partial charge in [-0.25, -0.2) is 9.97 Å². The number of carbonyl (C=O) groups is 1. The Kier molecular flexibility index (Phi) is 7.04. The number of hydrogen-bond acceptors (Lipinski definition) is 5. The minimum absolute atomic E-state index is 0.173. The molecule has 2 aromatic heterocycles. The number of nitrogens with zero attached hydrogens (tertiary/aromatic N) is 4. The summed E-state index contributed by atoms with van der Waals surface area (Å²) in [5.41, 5.74) is 6.58. The summed E-state index contributed by atoms with van der Waals surface area (Å²) in [6.07, 6.45) is 4.88. The Morgan fingerprint density at radius 3 is 2.46 bits per heavy atom. The SMILES string of the molecule is CCc1nc2c(C)cc(C)nc2n1Cc1ccc(N[C@H]2CC[C@H](C(=O)N3CCOCC3)CC2)cc1. The zero-order valence-electron chi connectivity index (χ0n) is 21.2. The summed E-state index contributed by atoms with van der Waals surface area (Å²) in [4.78, 5) is 24.4. The summed E-state index contributed by atoms with van der Waals surface area (Å²) in [6, 6.07) is 11.3. The fourth-order valence-corrected chi connectivity index (χ4v) is 5.54. The molecule has 1 aliphatic carbocycles. The highest BCUT2D eigenvalue weighted by Crippen LogP contribution is 2.29. The first-order chi connectivity index (χ1) is 17.0. The van der Waals surface area contributed by atoms with Crippen LogP contribution in [0.4, 0.5) is 5.69 Å². The molecule has 1 aliphatic heterocycles. The smallest absolute Gasteiger partial charge is 0.225 e. The van der Waals surface area contributed by atoms with Crippen molar-refractivity contribution in [3.63, 3.8) is 0 Å². The number of ether oxygens (including phenoxy) is 1. The zero-order valence-corrected chi connectivity index (χ0v) is 21.2. The van der Waals surface area contributed by atoms with Crippen LogP contribution in [0.1, 0.15) is 55.3 Å². The predicted molar refractivity (Wildman–Crippen MR) is 139 cm³/mol. The van der Waals surface area contributed by atoms with Gasteiger partial charge in [-0.1, -0.05) is 19.1 Å². The van der Waals surface area contributed by atoms with E-state index in [1.165, 1.54) is 11.1 Å². The standard InChI is InChI=1S/C28H37N5O2/c1-4-25-31-26-19(2)17-20(3)29-27(26)33(25)18-21-5-9-23(10-6-21)30-24-11-7-22(8-12-24)28(34)32-13-15-35-16-14-32/h5-6,9-10,17,22,24,30H,4,7-8,11-16,18H2,1-3H3/t22-,24-. The van der Waals surface area contributed by atoms with Crippen molar-refractivity contribution < 1.29 is 9.53 Å². The maximum absolute atomic E-state index is 12.8. The molecule has 35 heavy (non-hydrogen) atoms. The Morgan fingerprint density at radius 1 is 1.06 bits per heavy atom. The molecule has 5 rings (SSSR count). The molecule has 3 aromatic rings. The second-order valence-electron chi connectivity index (χ2n) is 10.0. The number of imidazole rings is 1. The number of carbonyl (C=O) groups excluding carboxylic acids is 1. The number of morpholine rings is 1. The number of hydrogen-bond donors (Lipinski definition) is 1. The number of fused-ring (bicyclic) bond motifs is 1. The third kappa shape index (κ3) is 5.20. The molecule has 2 aliphatic rings. The van der Waals surface area contributed by atoms with Crippen molar-refractivity contribution in [3.8, 4) is 0 Å². The fraction of sp³-hybridized carbons (Fsp3) is 0.536. The maximum atomic E-state index is 12.8. The Morgan fingerprint density at radius 2 is 1.77 bits per heavy atom. The second kappa shape index (κ2) is 10.4. The van der Waals surface area contributed by atoms with Crippen LogP contribution < -0.4 is 5.32 Å². The number of pyridine rings is 1. The van der Waals surface area contributed by atoms with E-state index in [0.717, 1.165) is 80.1 Å².